The molecular weight excluding hydrogens is 384 g/mol. The fraction of sp³-hybridized carbons (Fsp3) is 0.300. The fourth-order valence-corrected chi connectivity index (χ4v) is 3.47. The van der Waals surface area contributed by atoms with E-state index in [-0.39, 0.29) is 16.6 Å². The van der Waals surface area contributed by atoms with E-state index in [0.717, 1.165) is 37.0 Å². The van der Waals surface area contributed by atoms with Gasteiger partial charge in [0.15, 0.2) is 6.10 Å². The van der Waals surface area contributed by atoms with Gasteiger partial charge in [-0.05, 0) is 49.4 Å². The SMILES string of the molecule is C[C@H](OC(=O)c1cc(Cl)ccc1[N+](=O)[O-])C(=O)N[C@H]1CCCc2ccccc21. The second kappa shape index (κ2) is 8.39. The number of hydrogen-bond donors (Lipinski definition) is 1. The highest BCUT2D eigenvalue weighted by Crippen LogP contribution is 2.29. The first-order valence-corrected chi connectivity index (χ1v) is 9.27. The van der Waals surface area contributed by atoms with Crippen molar-refractivity contribution >= 4 is 29.2 Å². The number of fused-ring (bicyclic) bond motifs is 1. The Hall–Kier alpha value is -2.93. The normalized spacial score (nSPS) is 16.6. The quantitative estimate of drug-likeness (QED) is 0.463. The lowest BCUT2D eigenvalue weighted by atomic mass is 9.87. The Kier molecular flexibility index (Phi) is 5.94. The molecule has 1 amide bonds. The number of nitro groups is 1. The van der Waals surface area contributed by atoms with Crippen LogP contribution in [0.1, 0.15) is 47.3 Å². The summed E-state index contributed by atoms with van der Waals surface area (Å²) in [6.07, 6.45) is 1.60. The molecule has 0 aliphatic heterocycles. The molecular formula is C20H19ClN2O5. The molecule has 2 aromatic rings. The molecule has 0 aromatic heterocycles. The number of halogens is 1. The number of esters is 1. The van der Waals surface area contributed by atoms with Crippen LogP contribution in [-0.4, -0.2) is 22.9 Å². The molecule has 3 rings (SSSR count). The van der Waals surface area contributed by atoms with Crippen molar-refractivity contribution in [3.63, 3.8) is 0 Å². The van der Waals surface area contributed by atoms with Crippen LogP contribution < -0.4 is 5.32 Å². The number of hydrogen-bond acceptors (Lipinski definition) is 5. The molecule has 8 heteroatoms. The molecule has 28 heavy (non-hydrogen) atoms. The monoisotopic (exact) mass is 402 g/mol. The highest BCUT2D eigenvalue weighted by Gasteiger charge is 2.28. The van der Waals surface area contributed by atoms with Gasteiger partial charge in [-0.25, -0.2) is 4.79 Å². The summed E-state index contributed by atoms with van der Waals surface area (Å²) in [5.74, 6) is -1.43. The maximum atomic E-state index is 12.5. The predicted molar refractivity (Wildman–Crippen MR) is 103 cm³/mol. The third kappa shape index (κ3) is 4.31. The van der Waals surface area contributed by atoms with E-state index in [9.17, 15) is 19.7 Å². The number of amides is 1. The highest BCUT2D eigenvalue weighted by molar-refractivity contribution is 6.31. The number of aryl methyl sites for hydroxylation is 1. The number of nitrogens with zero attached hydrogens (tertiary/aromatic N) is 1. The number of ether oxygens (including phenoxy) is 1. The summed E-state index contributed by atoms with van der Waals surface area (Å²) in [6, 6.07) is 11.3. The first-order valence-electron chi connectivity index (χ1n) is 8.90. The smallest absolute Gasteiger partial charge is 0.345 e. The van der Waals surface area contributed by atoms with E-state index in [1.54, 1.807) is 0 Å². The van der Waals surface area contributed by atoms with Gasteiger partial charge >= 0.3 is 5.97 Å². The number of rotatable bonds is 5. The Labute approximate surface area is 166 Å². The van der Waals surface area contributed by atoms with Crippen LogP contribution in [0.4, 0.5) is 5.69 Å². The van der Waals surface area contributed by atoms with Gasteiger partial charge in [0.05, 0.1) is 11.0 Å². The molecule has 1 N–H and O–H groups in total. The molecule has 2 aromatic carbocycles. The lowest BCUT2D eigenvalue weighted by Crippen LogP contribution is -2.39. The van der Waals surface area contributed by atoms with Gasteiger partial charge in [-0.2, -0.15) is 0 Å². The number of nitro benzene ring substituents is 1. The molecule has 0 fully saturated rings. The van der Waals surface area contributed by atoms with Crippen LogP contribution in [0.2, 0.25) is 5.02 Å². The van der Waals surface area contributed by atoms with Crippen molar-refractivity contribution in [2.75, 3.05) is 0 Å². The van der Waals surface area contributed by atoms with E-state index in [1.807, 2.05) is 24.3 Å². The Morgan fingerprint density at radius 1 is 1.29 bits per heavy atom. The summed E-state index contributed by atoms with van der Waals surface area (Å²) in [4.78, 5) is 35.3. The standard InChI is InChI=1S/C20H19ClN2O5/c1-12(28-20(25)16-11-14(21)9-10-18(16)23(26)27)19(24)22-17-8-4-6-13-5-2-3-7-15(13)17/h2-3,5,7,9-12,17H,4,6,8H2,1H3,(H,22,24)/t12-,17-/m0/s1. The summed E-state index contributed by atoms with van der Waals surface area (Å²) in [5, 5.41) is 14.2. The molecule has 0 saturated carbocycles. The van der Waals surface area contributed by atoms with E-state index in [1.165, 1.54) is 18.6 Å². The maximum absolute atomic E-state index is 12.5. The van der Waals surface area contributed by atoms with E-state index >= 15 is 0 Å². The molecule has 146 valence electrons. The van der Waals surface area contributed by atoms with Crippen LogP contribution in [0, 0.1) is 10.1 Å². The third-order valence-electron chi connectivity index (χ3n) is 4.71. The Morgan fingerprint density at radius 2 is 2.04 bits per heavy atom. The van der Waals surface area contributed by atoms with Crippen molar-refractivity contribution in [2.45, 2.75) is 38.3 Å². The van der Waals surface area contributed by atoms with Crippen molar-refractivity contribution in [3.05, 3.63) is 74.3 Å². The van der Waals surface area contributed by atoms with Gasteiger partial charge in [0.2, 0.25) is 0 Å². The minimum atomic E-state index is -1.11. The lowest BCUT2D eigenvalue weighted by Gasteiger charge is -2.27. The van der Waals surface area contributed by atoms with Crippen molar-refractivity contribution in [1.82, 2.24) is 5.32 Å². The van der Waals surface area contributed by atoms with E-state index < -0.39 is 28.6 Å². The van der Waals surface area contributed by atoms with Gasteiger partial charge in [-0.3, -0.25) is 14.9 Å². The largest absolute Gasteiger partial charge is 0.449 e. The zero-order chi connectivity index (χ0) is 20.3. The minimum absolute atomic E-state index is 0.154. The molecule has 0 bridgehead atoms. The molecule has 0 saturated heterocycles. The molecule has 0 radical (unpaired) electrons. The maximum Gasteiger partial charge on any atom is 0.345 e. The van der Waals surface area contributed by atoms with Gasteiger partial charge in [0, 0.05) is 11.1 Å². The average molecular weight is 403 g/mol. The van der Waals surface area contributed by atoms with Crippen molar-refractivity contribution in [2.24, 2.45) is 0 Å². The molecule has 1 aliphatic carbocycles. The number of carbonyl (C=O) groups excluding carboxylic acids is 2. The molecule has 7 nitrogen and oxygen atoms in total. The van der Waals surface area contributed by atoms with Gasteiger partial charge in [-0.15, -0.1) is 0 Å². The van der Waals surface area contributed by atoms with Crippen molar-refractivity contribution in [3.8, 4) is 0 Å². The van der Waals surface area contributed by atoms with Gasteiger partial charge in [0.1, 0.15) is 5.56 Å². The first-order chi connectivity index (χ1) is 13.4. The zero-order valence-corrected chi connectivity index (χ0v) is 15.9. The first kappa shape index (κ1) is 19.8. The Balaban J connectivity index is 1.69. The molecule has 1 aliphatic rings. The summed E-state index contributed by atoms with van der Waals surface area (Å²) >= 11 is 5.83. The van der Waals surface area contributed by atoms with Crippen LogP contribution in [-0.2, 0) is 16.0 Å². The summed E-state index contributed by atoms with van der Waals surface area (Å²) in [6.45, 7) is 1.43. The summed E-state index contributed by atoms with van der Waals surface area (Å²) in [7, 11) is 0. The second-order valence-corrected chi connectivity index (χ2v) is 7.05. The van der Waals surface area contributed by atoms with Gasteiger partial charge < -0.3 is 10.1 Å². The van der Waals surface area contributed by atoms with E-state index in [2.05, 4.69) is 5.32 Å². The number of benzene rings is 2. The van der Waals surface area contributed by atoms with Gasteiger partial charge in [-0.1, -0.05) is 35.9 Å². The summed E-state index contributed by atoms with van der Waals surface area (Å²) in [5.41, 5.74) is 1.53. The molecule has 2 atom stereocenters. The Bertz CT molecular complexity index is 931. The summed E-state index contributed by atoms with van der Waals surface area (Å²) < 4.78 is 5.16. The van der Waals surface area contributed by atoms with Crippen LogP contribution in [0.5, 0.6) is 0 Å². The van der Waals surface area contributed by atoms with Crippen molar-refractivity contribution < 1.29 is 19.2 Å². The Morgan fingerprint density at radius 3 is 2.79 bits per heavy atom. The van der Waals surface area contributed by atoms with Crippen LogP contribution in [0.15, 0.2) is 42.5 Å². The van der Waals surface area contributed by atoms with Gasteiger partial charge in [0.25, 0.3) is 11.6 Å². The van der Waals surface area contributed by atoms with Crippen LogP contribution in [0.25, 0.3) is 0 Å². The predicted octanol–water partition coefficient (Wildman–Crippen LogP) is 3.99. The average Bonchev–Trinajstić information content (AvgIpc) is 2.67. The van der Waals surface area contributed by atoms with E-state index in [4.69, 9.17) is 16.3 Å². The highest BCUT2D eigenvalue weighted by atomic mass is 35.5. The molecule has 0 heterocycles. The fourth-order valence-electron chi connectivity index (χ4n) is 3.30. The number of carbonyl (C=O) groups is 2. The number of nitrogens with one attached hydrogen (secondary N) is 1. The van der Waals surface area contributed by atoms with E-state index in [0.29, 0.717) is 0 Å². The third-order valence-corrected chi connectivity index (χ3v) is 4.95. The van der Waals surface area contributed by atoms with Crippen molar-refractivity contribution in [1.29, 1.82) is 0 Å². The molecule has 0 unspecified atom stereocenters. The van der Waals surface area contributed by atoms with Crippen LogP contribution >= 0.6 is 11.6 Å². The van der Waals surface area contributed by atoms with Crippen LogP contribution in [0.3, 0.4) is 0 Å². The topological polar surface area (TPSA) is 98.5 Å². The second-order valence-electron chi connectivity index (χ2n) is 6.62. The lowest BCUT2D eigenvalue weighted by molar-refractivity contribution is -0.385. The minimum Gasteiger partial charge on any atom is -0.449 e. The molecule has 0 spiro atoms. The zero-order valence-electron chi connectivity index (χ0n) is 15.2.